The van der Waals surface area contributed by atoms with Crippen molar-refractivity contribution in [2.75, 3.05) is 6.61 Å². The Bertz CT molecular complexity index is 926. The number of Topliss-reactive ketones (excluding diaryl/α,β-unsaturated/α-hetero) is 1. The molecule has 0 fully saturated rings. The Labute approximate surface area is 163 Å². The summed E-state index contributed by atoms with van der Waals surface area (Å²) in [5.41, 5.74) is 2.75. The van der Waals surface area contributed by atoms with Gasteiger partial charge in [0.2, 0.25) is 5.78 Å². The summed E-state index contributed by atoms with van der Waals surface area (Å²) in [7, 11) is 0. The second-order valence-corrected chi connectivity index (χ2v) is 8.20. The molecule has 2 rings (SSSR count). The minimum Gasteiger partial charge on any atom is -0.453 e. The molecule has 0 spiro atoms. The van der Waals surface area contributed by atoms with Gasteiger partial charge in [-0.15, -0.1) is 11.3 Å². The maximum atomic E-state index is 12.2. The monoisotopic (exact) mass is 384 g/mol. The highest BCUT2D eigenvalue weighted by atomic mass is 32.1. The lowest BCUT2D eigenvalue weighted by Crippen LogP contribution is -2.14. The van der Waals surface area contributed by atoms with Crippen molar-refractivity contribution in [1.29, 1.82) is 5.26 Å². The van der Waals surface area contributed by atoms with Crippen molar-refractivity contribution in [3.8, 4) is 6.07 Å². The van der Waals surface area contributed by atoms with Gasteiger partial charge in [0.1, 0.15) is 11.6 Å². The van der Waals surface area contributed by atoms with Gasteiger partial charge < -0.3 is 9.30 Å². The third kappa shape index (κ3) is 5.18. The van der Waals surface area contributed by atoms with Crippen molar-refractivity contribution in [2.45, 2.75) is 41.2 Å². The van der Waals surface area contributed by atoms with E-state index < -0.39 is 5.97 Å². The van der Waals surface area contributed by atoms with Crippen molar-refractivity contribution in [1.82, 2.24) is 4.57 Å². The molecule has 0 saturated heterocycles. The number of aromatic nitrogens is 1. The van der Waals surface area contributed by atoms with Crippen LogP contribution in [0.25, 0.3) is 6.08 Å². The third-order valence-corrected chi connectivity index (χ3v) is 5.19. The topological polar surface area (TPSA) is 72.1 Å². The molecule has 0 atom stereocenters. The van der Waals surface area contributed by atoms with Crippen LogP contribution in [0, 0.1) is 38.0 Å². The van der Waals surface area contributed by atoms with Gasteiger partial charge in [-0.3, -0.25) is 4.79 Å². The van der Waals surface area contributed by atoms with E-state index in [0.29, 0.717) is 10.8 Å². The van der Waals surface area contributed by atoms with Crippen LogP contribution in [0.5, 0.6) is 0 Å². The van der Waals surface area contributed by atoms with Crippen molar-refractivity contribution in [2.24, 2.45) is 5.92 Å². The van der Waals surface area contributed by atoms with Crippen molar-refractivity contribution < 1.29 is 14.3 Å². The van der Waals surface area contributed by atoms with Gasteiger partial charge in [-0.1, -0.05) is 13.8 Å². The van der Waals surface area contributed by atoms with Crippen LogP contribution in [0.1, 0.15) is 45.3 Å². The fourth-order valence-corrected chi connectivity index (χ4v) is 3.57. The lowest BCUT2D eigenvalue weighted by molar-refractivity contribution is -0.137. The Balaban J connectivity index is 2.13. The van der Waals surface area contributed by atoms with Gasteiger partial charge in [0.15, 0.2) is 6.61 Å². The van der Waals surface area contributed by atoms with Gasteiger partial charge >= 0.3 is 5.97 Å². The van der Waals surface area contributed by atoms with E-state index in [2.05, 4.69) is 18.4 Å². The van der Waals surface area contributed by atoms with Crippen LogP contribution in [-0.2, 0) is 16.1 Å². The van der Waals surface area contributed by atoms with Gasteiger partial charge in [0.25, 0.3) is 0 Å². The highest BCUT2D eigenvalue weighted by Crippen LogP contribution is 2.20. The second kappa shape index (κ2) is 8.83. The molecule has 2 heterocycles. The molecule has 0 aromatic carbocycles. The molecule has 5 nitrogen and oxygen atoms in total. The zero-order valence-electron chi connectivity index (χ0n) is 16.3. The van der Waals surface area contributed by atoms with Crippen LogP contribution in [0.2, 0.25) is 0 Å². The summed E-state index contributed by atoms with van der Waals surface area (Å²) in [4.78, 5) is 25.9. The molecule has 0 N–H and O–H groups in total. The van der Waals surface area contributed by atoms with Crippen molar-refractivity contribution in [3.63, 3.8) is 0 Å². The van der Waals surface area contributed by atoms with E-state index in [-0.39, 0.29) is 18.0 Å². The summed E-state index contributed by atoms with van der Waals surface area (Å²) >= 11 is 1.35. The molecule has 2 aromatic heterocycles. The van der Waals surface area contributed by atoms with Gasteiger partial charge in [0.05, 0.1) is 4.88 Å². The fraction of sp³-hybridized carbons (Fsp3) is 0.381. The Hall–Kier alpha value is -2.65. The summed E-state index contributed by atoms with van der Waals surface area (Å²) in [6, 6.07) is 7.38. The SMILES string of the molecule is Cc1ccc(C(=O)COC(=O)/C(C#N)=C/c2cc(C)n(CC(C)C)c2C)s1. The van der Waals surface area contributed by atoms with E-state index in [0.717, 1.165) is 28.4 Å². The molecule has 0 aliphatic rings. The van der Waals surface area contributed by atoms with E-state index in [1.165, 1.54) is 17.4 Å². The smallest absolute Gasteiger partial charge is 0.349 e. The summed E-state index contributed by atoms with van der Waals surface area (Å²) in [6.45, 7) is 10.6. The molecule has 142 valence electrons. The highest BCUT2D eigenvalue weighted by molar-refractivity contribution is 7.14. The number of nitriles is 1. The number of ether oxygens (including phenoxy) is 1. The standard InChI is InChI=1S/C21H24N2O3S/c1-13(2)11-23-14(3)8-17(16(23)5)9-18(10-22)21(25)26-12-19(24)20-7-6-15(4)27-20/h6-9,13H,11-12H2,1-5H3/b18-9+. The molecule has 0 amide bonds. The van der Waals surface area contributed by atoms with Crippen molar-refractivity contribution >= 4 is 29.2 Å². The van der Waals surface area contributed by atoms with E-state index in [1.54, 1.807) is 6.07 Å². The summed E-state index contributed by atoms with van der Waals surface area (Å²) in [5.74, 6) is -0.569. The predicted molar refractivity (Wildman–Crippen MR) is 107 cm³/mol. The highest BCUT2D eigenvalue weighted by Gasteiger charge is 2.17. The molecule has 0 unspecified atom stereocenters. The summed E-state index contributed by atoms with van der Waals surface area (Å²) in [6.07, 6.45) is 1.53. The number of carbonyl (C=O) groups excluding carboxylic acids is 2. The summed E-state index contributed by atoms with van der Waals surface area (Å²) < 4.78 is 7.22. The molecule has 2 aromatic rings. The Morgan fingerprint density at radius 3 is 2.56 bits per heavy atom. The maximum Gasteiger partial charge on any atom is 0.349 e. The van der Waals surface area contributed by atoms with E-state index >= 15 is 0 Å². The van der Waals surface area contributed by atoms with Crippen LogP contribution in [-0.4, -0.2) is 22.9 Å². The first-order valence-electron chi connectivity index (χ1n) is 8.78. The average Bonchev–Trinajstić information content (AvgIpc) is 3.15. The molecule has 0 aliphatic heterocycles. The van der Waals surface area contributed by atoms with Gasteiger partial charge in [0, 0.05) is 22.8 Å². The van der Waals surface area contributed by atoms with Crippen LogP contribution >= 0.6 is 11.3 Å². The van der Waals surface area contributed by atoms with Crippen molar-refractivity contribution in [3.05, 3.63) is 50.5 Å². The molecule has 27 heavy (non-hydrogen) atoms. The molecule has 0 aliphatic carbocycles. The van der Waals surface area contributed by atoms with E-state index in [1.807, 2.05) is 39.0 Å². The number of esters is 1. The normalized spacial score (nSPS) is 11.5. The molecular formula is C21H24N2O3S. The number of hydrogen-bond donors (Lipinski definition) is 0. The zero-order chi connectivity index (χ0) is 20.1. The predicted octanol–water partition coefficient (Wildman–Crippen LogP) is 4.46. The van der Waals surface area contributed by atoms with Crippen LogP contribution < -0.4 is 0 Å². The number of ketones is 1. The Morgan fingerprint density at radius 2 is 2.00 bits per heavy atom. The lowest BCUT2D eigenvalue weighted by atomic mass is 10.1. The van der Waals surface area contributed by atoms with Crippen LogP contribution in [0.4, 0.5) is 0 Å². The lowest BCUT2D eigenvalue weighted by Gasteiger charge is -2.12. The molecule has 6 heteroatoms. The number of rotatable bonds is 7. The fourth-order valence-electron chi connectivity index (χ4n) is 2.78. The third-order valence-electron chi connectivity index (χ3n) is 4.15. The van der Waals surface area contributed by atoms with Gasteiger partial charge in [-0.05, 0) is 56.5 Å². The van der Waals surface area contributed by atoms with Crippen LogP contribution in [0.3, 0.4) is 0 Å². The average molecular weight is 385 g/mol. The minimum atomic E-state index is -0.784. The zero-order valence-corrected chi connectivity index (χ0v) is 17.1. The molecular weight excluding hydrogens is 360 g/mol. The number of thiophene rings is 1. The number of carbonyl (C=O) groups is 2. The molecule has 0 radical (unpaired) electrons. The minimum absolute atomic E-state index is 0.116. The molecule has 0 saturated carbocycles. The second-order valence-electron chi connectivity index (χ2n) is 6.91. The van der Waals surface area contributed by atoms with E-state index in [9.17, 15) is 14.9 Å². The first-order chi connectivity index (χ1) is 12.7. The first-order valence-corrected chi connectivity index (χ1v) is 9.59. The quantitative estimate of drug-likeness (QED) is 0.306. The van der Waals surface area contributed by atoms with Gasteiger partial charge in [-0.2, -0.15) is 5.26 Å². The maximum absolute atomic E-state index is 12.2. The van der Waals surface area contributed by atoms with Crippen LogP contribution in [0.15, 0.2) is 23.8 Å². The van der Waals surface area contributed by atoms with E-state index in [4.69, 9.17) is 4.74 Å². The first kappa shape index (κ1) is 20.7. The Morgan fingerprint density at radius 1 is 1.30 bits per heavy atom. The van der Waals surface area contributed by atoms with Gasteiger partial charge in [-0.25, -0.2) is 4.79 Å². The Kier molecular flexibility index (Phi) is 6.75. The number of aryl methyl sites for hydroxylation is 2. The molecule has 0 bridgehead atoms. The number of hydrogen-bond acceptors (Lipinski definition) is 5. The summed E-state index contributed by atoms with van der Waals surface area (Å²) in [5, 5.41) is 9.35. The number of nitrogens with zero attached hydrogens (tertiary/aromatic N) is 2. The largest absolute Gasteiger partial charge is 0.453 e.